The van der Waals surface area contributed by atoms with Gasteiger partial charge in [0.15, 0.2) is 5.58 Å². The summed E-state index contributed by atoms with van der Waals surface area (Å²) in [6, 6.07) is 16.8. The number of fused-ring (bicyclic) bond motifs is 2. The molecule has 1 aliphatic rings. The van der Waals surface area contributed by atoms with Crippen molar-refractivity contribution < 1.29 is 9.52 Å². The highest BCUT2D eigenvalue weighted by Gasteiger charge is 2.26. The Labute approximate surface area is 177 Å². The molecule has 0 radical (unpaired) electrons. The summed E-state index contributed by atoms with van der Waals surface area (Å²) in [5, 5.41) is 11.6. The SMILES string of the molecule is Cc1cc(=O)oc2c(C3=Nc4ccccc4SC(c4cccnc4)C3)c(O)ccc12. The van der Waals surface area contributed by atoms with Gasteiger partial charge in [0.05, 0.1) is 17.0 Å². The van der Waals surface area contributed by atoms with Crippen LogP contribution in [0.15, 0.2) is 86.1 Å². The molecule has 0 amide bonds. The lowest BCUT2D eigenvalue weighted by atomic mass is 9.98. The van der Waals surface area contributed by atoms with E-state index in [2.05, 4.69) is 4.98 Å². The lowest BCUT2D eigenvalue weighted by Gasteiger charge is -2.16. The first-order valence-electron chi connectivity index (χ1n) is 9.60. The third-order valence-electron chi connectivity index (χ3n) is 5.21. The lowest BCUT2D eigenvalue weighted by Crippen LogP contribution is -2.08. The number of para-hydroxylation sites is 1. The van der Waals surface area contributed by atoms with Crippen molar-refractivity contribution in [1.82, 2.24) is 4.98 Å². The van der Waals surface area contributed by atoms with Gasteiger partial charge in [-0.2, -0.15) is 0 Å². The highest BCUT2D eigenvalue weighted by atomic mass is 32.2. The molecule has 6 heteroatoms. The third-order valence-corrected chi connectivity index (χ3v) is 6.53. The largest absolute Gasteiger partial charge is 0.507 e. The molecule has 2 aromatic heterocycles. The number of rotatable bonds is 2. The number of aliphatic imine (C=N–C) groups is 1. The predicted octanol–water partition coefficient (Wildman–Crippen LogP) is 5.56. The van der Waals surface area contributed by atoms with Crippen molar-refractivity contribution in [3.63, 3.8) is 0 Å². The van der Waals surface area contributed by atoms with E-state index in [0.717, 1.165) is 27.1 Å². The topological polar surface area (TPSA) is 75.7 Å². The molecule has 3 heterocycles. The molecule has 2 aromatic carbocycles. The van der Waals surface area contributed by atoms with Crippen molar-refractivity contribution in [1.29, 1.82) is 0 Å². The average Bonchev–Trinajstić information content (AvgIpc) is 2.93. The molecule has 1 atom stereocenters. The molecule has 0 bridgehead atoms. The Morgan fingerprint density at radius 1 is 1.13 bits per heavy atom. The summed E-state index contributed by atoms with van der Waals surface area (Å²) in [5.41, 5.74) is 3.78. The number of aromatic hydroxyl groups is 1. The van der Waals surface area contributed by atoms with Crippen LogP contribution in [0.3, 0.4) is 0 Å². The van der Waals surface area contributed by atoms with Crippen LogP contribution in [0.5, 0.6) is 5.75 Å². The second-order valence-electron chi connectivity index (χ2n) is 7.21. The van der Waals surface area contributed by atoms with Gasteiger partial charge in [-0.15, -0.1) is 11.8 Å². The predicted molar refractivity (Wildman–Crippen MR) is 119 cm³/mol. The van der Waals surface area contributed by atoms with Crippen molar-refractivity contribution in [3.8, 4) is 5.75 Å². The molecule has 148 valence electrons. The summed E-state index contributed by atoms with van der Waals surface area (Å²) in [7, 11) is 0. The summed E-state index contributed by atoms with van der Waals surface area (Å²) in [4.78, 5) is 22.3. The van der Waals surface area contributed by atoms with E-state index in [1.807, 2.05) is 49.5 Å². The van der Waals surface area contributed by atoms with Crippen LogP contribution in [-0.2, 0) is 0 Å². The minimum absolute atomic E-state index is 0.0457. The first-order valence-corrected chi connectivity index (χ1v) is 10.5. The van der Waals surface area contributed by atoms with Gasteiger partial charge in [-0.05, 0) is 48.4 Å². The third kappa shape index (κ3) is 3.29. The number of hydrogen-bond acceptors (Lipinski definition) is 6. The van der Waals surface area contributed by atoms with Gasteiger partial charge in [0.25, 0.3) is 0 Å². The van der Waals surface area contributed by atoms with Crippen LogP contribution < -0.4 is 5.63 Å². The molecule has 0 fully saturated rings. The second-order valence-corrected chi connectivity index (χ2v) is 8.45. The molecule has 5 rings (SSSR count). The van der Waals surface area contributed by atoms with Crippen LogP contribution in [0.2, 0.25) is 0 Å². The first kappa shape index (κ1) is 18.6. The normalized spacial score (nSPS) is 16.0. The molecule has 30 heavy (non-hydrogen) atoms. The molecule has 0 saturated carbocycles. The Balaban J connectivity index is 1.76. The van der Waals surface area contributed by atoms with Crippen LogP contribution in [-0.4, -0.2) is 15.8 Å². The Bertz CT molecular complexity index is 1350. The van der Waals surface area contributed by atoms with Gasteiger partial charge >= 0.3 is 5.63 Å². The van der Waals surface area contributed by atoms with Gasteiger partial charge in [-0.25, -0.2) is 4.79 Å². The fourth-order valence-electron chi connectivity index (χ4n) is 3.77. The van der Waals surface area contributed by atoms with E-state index in [1.54, 1.807) is 30.1 Å². The van der Waals surface area contributed by atoms with Crippen molar-refractivity contribution in [2.24, 2.45) is 4.99 Å². The minimum Gasteiger partial charge on any atom is -0.507 e. The molecule has 1 unspecified atom stereocenters. The Kier molecular flexibility index (Phi) is 4.64. The fourth-order valence-corrected chi connectivity index (χ4v) is 4.99. The molecule has 1 aliphatic heterocycles. The van der Waals surface area contributed by atoms with Gasteiger partial charge in [-0.1, -0.05) is 18.2 Å². The van der Waals surface area contributed by atoms with Crippen LogP contribution in [0.1, 0.15) is 28.4 Å². The maximum atomic E-state index is 12.1. The molecule has 0 spiro atoms. The summed E-state index contributed by atoms with van der Waals surface area (Å²) < 4.78 is 5.56. The quantitative estimate of drug-likeness (QED) is 0.435. The zero-order valence-corrected chi connectivity index (χ0v) is 17.0. The Morgan fingerprint density at radius 2 is 2.00 bits per heavy atom. The van der Waals surface area contributed by atoms with Crippen LogP contribution >= 0.6 is 11.8 Å². The van der Waals surface area contributed by atoms with Gasteiger partial charge in [0.1, 0.15) is 5.75 Å². The van der Waals surface area contributed by atoms with Crippen LogP contribution in [0, 0.1) is 6.92 Å². The van der Waals surface area contributed by atoms with Crippen molar-refractivity contribution in [3.05, 3.63) is 94.1 Å². The molecule has 1 N–H and O–H groups in total. The smallest absolute Gasteiger partial charge is 0.336 e. The maximum Gasteiger partial charge on any atom is 0.336 e. The maximum absolute atomic E-state index is 12.1. The zero-order chi connectivity index (χ0) is 20.7. The highest BCUT2D eigenvalue weighted by Crippen LogP contribution is 2.46. The van der Waals surface area contributed by atoms with E-state index < -0.39 is 5.63 Å². The van der Waals surface area contributed by atoms with Gasteiger partial charge < -0.3 is 9.52 Å². The minimum atomic E-state index is -0.445. The van der Waals surface area contributed by atoms with Crippen molar-refractivity contribution in [2.75, 3.05) is 0 Å². The molecule has 4 aromatic rings. The van der Waals surface area contributed by atoms with Gasteiger partial charge in [0, 0.05) is 40.4 Å². The molecule has 5 nitrogen and oxygen atoms in total. The van der Waals surface area contributed by atoms with Crippen molar-refractivity contribution in [2.45, 2.75) is 23.5 Å². The lowest BCUT2D eigenvalue weighted by molar-refractivity contribution is 0.471. The van der Waals surface area contributed by atoms with E-state index in [9.17, 15) is 9.90 Å². The average molecular weight is 414 g/mol. The van der Waals surface area contributed by atoms with Gasteiger partial charge in [0.2, 0.25) is 0 Å². The molecular weight excluding hydrogens is 396 g/mol. The number of phenolic OH excluding ortho intramolecular Hbond substituents is 1. The van der Waals surface area contributed by atoms with E-state index in [0.29, 0.717) is 23.3 Å². The number of aryl methyl sites for hydroxylation is 1. The number of phenols is 1. The Morgan fingerprint density at radius 3 is 2.83 bits per heavy atom. The number of nitrogens with zero attached hydrogens (tertiary/aromatic N) is 2. The fraction of sp³-hybridized carbons (Fsp3) is 0.125. The van der Waals surface area contributed by atoms with E-state index in [1.165, 1.54) is 6.07 Å². The standard InChI is InChI=1S/C24H18N2O3S/c1-14-11-22(28)29-24-16(14)8-9-19(27)23(24)18-12-21(15-5-4-10-25-13-15)30-20-7-3-2-6-17(20)26-18/h2-11,13,21,27H,12H2,1H3. The number of thioether (sulfide) groups is 1. The molecular formula is C24H18N2O3S. The number of aromatic nitrogens is 1. The number of benzene rings is 2. The second kappa shape index (κ2) is 7.46. The van der Waals surface area contributed by atoms with Gasteiger partial charge in [-0.3, -0.25) is 9.98 Å². The monoisotopic (exact) mass is 414 g/mol. The van der Waals surface area contributed by atoms with Crippen molar-refractivity contribution >= 4 is 34.1 Å². The number of pyridine rings is 1. The van der Waals surface area contributed by atoms with Crippen LogP contribution in [0.25, 0.3) is 11.0 Å². The summed E-state index contributed by atoms with van der Waals surface area (Å²) in [5.74, 6) is 0.0457. The molecule has 0 saturated heterocycles. The summed E-state index contributed by atoms with van der Waals surface area (Å²) >= 11 is 1.72. The molecule has 0 aliphatic carbocycles. The van der Waals surface area contributed by atoms with E-state index in [4.69, 9.17) is 9.41 Å². The first-order chi connectivity index (χ1) is 14.6. The summed E-state index contributed by atoms with van der Waals surface area (Å²) in [6.07, 6.45) is 4.16. The zero-order valence-electron chi connectivity index (χ0n) is 16.2. The summed E-state index contributed by atoms with van der Waals surface area (Å²) in [6.45, 7) is 1.86. The highest BCUT2D eigenvalue weighted by molar-refractivity contribution is 7.99. The van der Waals surface area contributed by atoms with E-state index >= 15 is 0 Å². The Hall–Kier alpha value is -3.38. The van der Waals surface area contributed by atoms with Crippen LogP contribution in [0.4, 0.5) is 5.69 Å². The number of hydrogen-bond donors (Lipinski definition) is 1. The van der Waals surface area contributed by atoms with E-state index in [-0.39, 0.29) is 11.0 Å².